The molecule has 1 rings (SSSR count). The number of hydrogen-bond donors (Lipinski definition) is 0. The monoisotopic (exact) mass is 210 g/mol. The lowest BCUT2D eigenvalue weighted by molar-refractivity contribution is 0.350. The fraction of sp³-hybridized carbons (Fsp3) is 1.00. The molecule has 0 amide bonds. The molecule has 2 nitrogen and oxygen atoms in total. The summed E-state index contributed by atoms with van der Waals surface area (Å²) in [6.07, 6.45) is 4.86. The van der Waals surface area contributed by atoms with E-state index in [9.17, 15) is 8.42 Å². The summed E-state index contributed by atoms with van der Waals surface area (Å²) in [4.78, 5) is 0. The second kappa shape index (κ2) is 3.97. The second-order valence-corrected chi connectivity index (χ2v) is 6.31. The van der Waals surface area contributed by atoms with Crippen molar-refractivity contribution < 1.29 is 8.42 Å². The molecule has 0 radical (unpaired) electrons. The van der Waals surface area contributed by atoms with E-state index in [1.54, 1.807) is 0 Å². The van der Waals surface area contributed by atoms with Crippen LogP contribution in [0.5, 0.6) is 0 Å². The molecule has 0 saturated heterocycles. The van der Waals surface area contributed by atoms with Gasteiger partial charge in [0.2, 0.25) is 9.05 Å². The van der Waals surface area contributed by atoms with E-state index >= 15 is 0 Å². The third-order valence-corrected chi connectivity index (χ3v) is 4.76. The van der Waals surface area contributed by atoms with Crippen LogP contribution in [0.25, 0.3) is 0 Å². The minimum Gasteiger partial charge on any atom is -0.212 e. The van der Waals surface area contributed by atoms with Crippen LogP contribution < -0.4 is 0 Å². The number of rotatable bonds is 2. The number of halogens is 1. The Hall–Kier alpha value is 0.240. The van der Waals surface area contributed by atoms with E-state index in [4.69, 9.17) is 10.7 Å². The Bertz CT molecular complexity index is 235. The zero-order valence-corrected chi connectivity index (χ0v) is 8.87. The Morgan fingerprint density at radius 3 is 2.33 bits per heavy atom. The van der Waals surface area contributed by atoms with Gasteiger partial charge in [0.25, 0.3) is 0 Å². The molecule has 4 heteroatoms. The van der Waals surface area contributed by atoms with E-state index in [2.05, 4.69) is 0 Å². The maximum Gasteiger partial charge on any atom is 0.235 e. The predicted molar refractivity (Wildman–Crippen MR) is 50.8 cm³/mol. The molecule has 0 N–H and O–H groups in total. The summed E-state index contributed by atoms with van der Waals surface area (Å²) in [5, 5.41) is -0.280. The van der Waals surface area contributed by atoms with Gasteiger partial charge in [0.1, 0.15) is 0 Å². The Labute approximate surface area is 78.7 Å². The third kappa shape index (κ3) is 2.36. The molecular weight excluding hydrogens is 196 g/mol. The van der Waals surface area contributed by atoms with Crippen LogP contribution in [0.2, 0.25) is 0 Å². The van der Waals surface area contributed by atoms with Crippen molar-refractivity contribution in [2.24, 2.45) is 5.92 Å². The lowest BCUT2D eigenvalue weighted by atomic mass is 9.87. The lowest BCUT2D eigenvalue weighted by Gasteiger charge is -2.27. The topological polar surface area (TPSA) is 34.1 Å². The summed E-state index contributed by atoms with van der Waals surface area (Å²) in [6.45, 7) is 2.03. The molecule has 0 aliphatic heterocycles. The van der Waals surface area contributed by atoms with E-state index in [1.165, 1.54) is 0 Å². The fourth-order valence-corrected chi connectivity index (χ4v) is 3.95. The van der Waals surface area contributed by atoms with Crippen molar-refractivity contribution in [1.82, 2.24) is 0 Å². The van der Waals surface area contributed by atoms with Crippen molar-refractivity contribution in [2.75, 3.05) is 0 Å². The normalized spacial score (nSPS) is 31.8. The predicted octanol–water partition coefficient (Wildman–Crippen LogP) is 2.52. The van der Waals surface area contributed by atoms with E-state index < -0.39 is 9.05 Å². The van der Waals surface area contributed by atoms with Gasteiger partial charge in [-0.15, -0.1) is 0 Å². The van der Waals surface area contributed by atoms with Gasteiger partial charge in [0.05, 0.1) is 5.25 Å². The van der Waals surface area contributed by atoms with Gasteiger partial charge < -0.3 is 0 Å². The summed E-state index contributed by atoms with van der Waals surface area (Å²) in [5.74, 6) is 0.293. The quantitative estimate of drug-likeness (QED) is 0.657. The first-order chi connectivity index (χ1) is 5.55. The molecule has 0 aromatic carbocycles. The molecule has 0 heterocycles. The van der Waals surface area contributed by atoms with E-state index in [-0.39, 0.29) is 5.25 Å². The van der Waals surface area contributed by atoms with Crippen molar-refractivity contribution in [1.29, 1.82) is 0 Å². The average molecular weight is 211 g/mol. The van der Waals surface area contributed by atoms with Crippen molar-refractivity contribution >= 4 is 19.7 Å². The average Bonchev–Trinajstić information content (AvgIpc) is 2.03. The fourth-order valence-electron chi connectivity index (χ4n) is 2.01. The highest BCUT2D eigenvalue weighted by Crippen LogP contribution is 2.33. The second-order valence-electron chi connectivity index (χ2n) is 3.47. The molecule has 0 aromatic rings. The zero-order chi connectivity index (χ0) is 9.19. The summed E-state index contributed by atoms with van der Waals surface area (Å²) in [6, 6.07) is 0. The first kappa shape index (κ1) is 10.3. The highest BCUT2D eigenvalue weighted by Gasteiger charge is 2.32. The molecule has 2 atom stereocenters. The van der Waals surface area contributed by atoms with Gasteiger partial charge >= 0.3 is 0 Å². The third-order valence-electron chi connectivity index (χ3n) is 2.73. The summed E-state index contributed by atoms with van der Waals surface area (Å²) in [7, 11) is 2.04. The molecule has 1 fully saturated rings. The van der Waals surface area contributed by atoms with Gasteiger partial charge in [0.15, 0.2) is 0 Å². The molecule has 72 valence electrons. The van der Waals surface area contributed by atoms with E-state index in [1.807, 2.05) is 6.92 Å². The first-order valence-corrected chi connectivity index (χ1v) is 6.86. The Kier molecular flexibility index (Phi) is 3.41. The molecule has 0 aromatic heterocycles. The number of hydrogen-bond acceptors (Lipinski definition) is 2. The van der Waals surface area contributed by atoms with Gasteiger partial charge in [-0.05, 0) is 18.8 Å². The Morgan fingerprint density at radius 2 is 1.92 bits per heavy atom. The Morgan fingerprint density at radius 1 is 1.33 bits per heavy atom. The van der Waals surface area contributed by atoms with Crippen molar-refractivity contribution in [2.45, 2.75) is 44.3 Å². The largest absolute Gasteiger partial charge is 0.235 e. The molecule has 12 heavy (non-hydrogen) atoms. The maximum atomic E-state index is 11.1. The minimum absolute atomic E-state index is 0.280. The summed E-state index contributed by atoms with van der Waals surface area (Å²) in [5.41, 5.74) is 0. The molecule has 1 aliphatic carbocycles. The SMILES string of the molecule is CCC1CCCCC1S(=O)(=O)Cl. The Balaban J connectivity index is 2.72. The van der Waals surface area contributed by atoms with Gasteiger partial charge in [-0.2, -0.15) is 0 Å². The molecule has 1 saturated carbocycles. The lowest BCUT2D eigenvalue weighted by Crippen LogP contribution is -2.29. The van der Waals surface area contributed by atoms with Crippen LogP contribution in [-0.2, 0) is 9.05 Å². The van der Waals surface area contributed by atoms with E-state index in [0.29, 0.717) is 5.92 Å². The van der Waals surface area contributed by atoms with Crippen LogP contribution in [0.4, 0.5) is 0 Å². The van der Waals surface area contributed by atoms with Crippen LogP contribution in [-0.4, -0.2) is 13.7 Å². The van der Waals surface area contributed by atoms with Crippen LogP contribution in [0.3, 0.4) is 0 Å². The van der Waals surface area contributed by atoms with Crippen LogP contribution in [0.15, 0.2) is 0 Å². The molecule has 0 bridgehead atoms. The van der Waals surface area contributed by atoms with Gasteiger partial charge in [-0.1, -0.05) is 26.2 Å². The van der Waals surface area contributed by atoms with Crippen molar-refractivity contribution in [3.63, 3.8) is 0 Å². The van der Waals surface area contributed by atoms with Crippen LogP contribution in [0, 0.1) is 5.92 Å². The van der Waals surface area contributed by atoms with Gasteiger partial charge in [0, 0.05) is 10.7 Å². The maximum absolute atomic E-state index is 11.1. The molecule has 2 unspecified atom stereocenters. The van der Waals surface area contributed by atoms with Crippen LogP contribution in [0.1, 0.15) is 39.0 Å². The molecule has 0 spiro atoms. The minimum atomic E-state index is -3.31. The highest BCUT2D eigenvalue weighted by molar-refractivity contribution is 8.14. The standard InChI is InChI=1S/C8H15ClO2S/c1-2-7-5-3-4-6-8(7)12(9,10)11/h7-8H,2-6H2,1H3. The summed E-state index contributed by atoms with van der Waals surface area (Å²) < 4.78 is 22.2. The summed E-state index contributed by atoms with van der Waals surface area (Å²) >= 11 is 0. The molecular formula is C8H15ClO2S. The van der Waals surface area contributed by atoms with E-state index in [0.717, 1.165) is 32.1 Å². The highest BCUT2D eigenvalue weighted by atomic mass is 35.7. The van der Waals surface area contributed by atoms with Crippen molar-refractivity contribution in [3.8, 4) is 0 Å². The first-order valence-electron chi connectivity index (χ1n) is 4.49. The smallest absolute Gasteiger partial charge is 0.212 e. The van der Waals surface area contributed by atoms with Gasteiger partial charge in [-0.25, -0.2) is 8.42 Å². The van der Waals surface area contributed by atoms with Crippen molar-refractivity contribution in [3.05, 3.63) is 0 Å². The van der Waals surface area contributed by atoms with Crippen LogP contribution >= 0.6 is 10.7 Å². The molecule has 1 aliphatic rings. The zero-order valence-electron chi connectivity index (χ0n) is 7.29. The van der Waals surface area contributed by atoms with Gasteiger partial charge in [-0.3, -0.25) is 0 Å².